The molecule has 2 fully saturated rings. The van der Waals surface area contributed by atoms with Gasteiger partial charge in [0.1, 0.15) is 6.04 Å². The lowest BCUT2D eigenvalue weighted by atomic mass is 10.0. The van der Waals surface area contributed by atoms with Crippen LogP contribution in [0.25, 0.3) is 0 Å². The van der Waals surface area contributed by atoms with Crippen molar-refractivity contribution in [2.24, 2.45) is 5.73 Å². The van der Waals surface area contributed by atoms with Gasteiger partial charge in [-0.25, -0.2) is 8.42 Å². The van der Waals surface area contributed by atoms with Crippen LogP contribution in [0.1, 0.15) is 32.1 Å². The zero-order valence-electron chi connectivity index (χ0n) is 8.55. The van der Waals surface area contributed by atoms with Crippen LogP contribution in [-0.2, 0) is 14.8 Å². The molecule has 1 atom stereocenters. The number of nitrogens with two attached hydrogens (primary N) is 1. The summed E-state index contributed by atoms with van der Waals surface area (Å²) in [5.74, 6) is -0.518. The zero-order valence-corrected chi connectivity index (χ0v) is 9.37. The fourth-order valence-electron chi connectivity index (χ4n) is 2.19. The average Bonchev–Trinajstić information content (AvgIpc) is 2.46. The van der Waals surface area contributed by atoms with E-state index < -0.39 is 22.0 Å². The van der Waals surface area contributed by atoms with Crippen molar-refractivity contribution in [3.63, 3.8) is 0 Å². The normalized spacial score (nSPS) is 28.9. The van der Waals surface area contributed by atoms with Gasteiger partial charge in [0.05, 0.1) is 5.25 Å². The number of carbonyl (C=O) groups is 1. The van der Waals surface area contributed by atoms with Crippen molar-refractivity contribution in [2.75, 3.05) is 6.54 Å². The van der Waals surface area contributed by atoms with Crippen LogP contribution in [-0.4, -0.2) is 36.5 Å². The van der Waals surface area contributed by atoms with Gasteiger partial charge in [0.25, 0.3) is 0 Å². The lowest BCUT2D eigenvalue weighted by Crippen LogP contribution is -2.48. The predicted molar refractivity (Wildman–Crippen MR) is 55.5 cm³/mol. The number of amides is 1. The number of rotatable bonds is 3. The highest BCUT2D eigenvalue weighted by Crippen LogP contribution is 2.32. The monoisotopic (exact) mass is 232 g/mol. The van der Waals surface area contributed by atoms with E-state index in [1.807, 2.05) is 0 Å². The van der Waals surface area contributed by atoms with Gasteiger partial charge in [-0.05, 0) is 25.7 Å². The van der Waals surface area contributed by atoms with Crippen LogP contribution in [0.3, 0.4) is 0 Å². The third-order valence-electron chi connectivity index (χ3n) is 3.33. The lowest BCUT2D eigenvalue weighted by molar-refractivity contribution is -0.121. The Kier molecular flexibility index (Phi) is 2.72. The first-order chi connectivity index (χ1) is 7.03. The Balaban J connectivity index is 2.18. The molecule has 1 saturated carbocycles. The fraction of sp³-hybridized carbons (Fsp3) is 0.889. The second-order valence-electron chi connectivity index (χ2n) is 4.27. The van der Waals surface area contributed by atoms with Crippen LogP contribution < -0.4 is 5.73 Å². The van der Waals surface area contributed by atoms with Crippen molar-refractivity contribution < 1.29 is 13.2 Å². The van der Waals surface area contributed by atoms with Gasteiger partial charge in [0.15, 0.2) is 0 Å². The molecule has 1 heterocycles. The maximum Gasteiger partial charge on any atom is 0.235 e. The Morgan fingerprint density at radius 1 is 1.20 bits per heavy atom. The Morgan fingerprint density at radius 2 is 1.87 bits per heavy atom. The summed E-state index contributed by atoms with van der Waals surface area (Å²) in [5.41, 5.74) is 5.20. The van der Waals surface area contributed by atoms with E-state index >= 15 is 0 Å². The van der Waals surface area contributed by atoms with E-state index in [-0.39, 0.29) is 5.25 Å². The van der Waals surface area contributed by atoms with Gasteiger partial charge in [0.2, 0.25) is 15.9 Å². The summed E-state index contributed by atoms with van der Waals surface area (Å²) in [4.78, 5) is 11.1. The van der Waals surface area contributed by atoms with Gasteiger partial charge in [-0.3, -0.25) is 4.79 Å². The first kappa shape index (κ1) is 10.9. The summed E-state index contributed by atoms with van der Waals surface area (Å²) in [6.45, 7) is 0.451. The third kappa shape index (κ3) is 1.76. The molecule has 1 aliphatic carbocycles. The van der Waals surface area contributed by atoms with Crippen LogP contribution in [0.15, 0.2) is 0 Å². The van der Waals surface area contributed by atoms with Crippen molar-refractivity contribution >= 4 is 15.9 Å². The lowest BCUT2D eigenvalue weighted by Gasteiger charge is -2.31. The maximum atomic E-state index is 12.0. The molecule has 0 unspecified atom stereocenters. The summed E-state index contributed by atoms with van der Waals surface area (Å²) in [7, 11) is -3.26. The maximum absolute atomic E-state index is 12.0. The van der Waals surface area contributed by atoms with E-state index in [2.05, 4.69) is 0 Å². The Morgan fingerprint density at radius 3 is 2.33 bits per heavy atom. The summed E-state index contributed by atoms with van der Waals surface area (Å²) in [6.07, 6.45) is 3.73. The molecule has 1 saturated heterocycles. The molecule has 5 nitrogen and oxygen atoms in total. The Hall–Kier alpha value is -0.620. The topological polar surface area (TPSA) is 80.5 Å². The summed E-state index contributed by atoms with van der Waals surface area (Å²) >= 11 is 0. The van der Waals surface area contributed by atoms with Crippen LogP contribution in [0.4, 0.5) is 0 Å². The first-order valence-corrected chi connectivity index (χ1v) is 6.84. The SMILES string of the molecule is NC(=O)[C@@H]1CCCN1S(=O)(=O)C1CCC1. The van der Waals surface area contributed by atoms with E-state index in [0.29, 0.717) is 13.0 Å². The van der Waals surface area contributed by atoms with Crippen molar-refractivity contribution in [2.45, 2.75) is 43.4 Å². The van der Waals surface area contributed by atoms with Gasteiger partial charge < -0.3 is 5.73 Å². The van der Waals surface area contributed by atoms with Crippen LogP contribution >= 0.6 is 0 Å². The molecule has 15 heavy (non-hydrogen) atoms. The summed E-state index contributed by atoms with van der Waals surface area (Å²) < 4.78 is 25.4. The van der Waals surface area contributed by atoms with Crippen molar-refractivity contribution in [1.29, 1.82) is 0 Å². The second kappa shape index (κ2) is 3.75. The van der Waals surface area contributed by atoms with E-state index in [4.69, 9.17) is 5.73 Å². The summed E-state index contributed by atoms with van der Waals surface area (Å²) in [5, 5.41) is -0.266. The Labute approximate surface area is 89.7 Å². The van der Waals surface area contributed by atoms with Gasteiger partial charge in [-0.15, -0.1) is 0 Å². The smallest absolute Gasteiger partial charge is 0.235 e. The Bertz CT molecular complexity index is 362. The van der Waals surface area contributed by atoms with Crippen LogP contribution in [0, 0.1) is 0 Å². The highest BCUT2D eigenvalue weighted by molar-refractivity contribution is 7.89. The average molecular weight is 232 g/mol. The zero-order chi connectivity index (χ0) is 11.1. The predicted octanol–water partition coefficient (Wildman–Crippen LogP) is -0.182. The molecule has 6 heteroatoms. The number of carbonyl (C=O) groups excluding carboxylic acids is 1. The molecular weight excluding hydrogens is 216 g/mol. The van der Waals surface area contributed by atoms with Gasteiger partial charge in [-0.2, -0.15) is 4.31 Å². The highest BCUT2D eigenvalue weighted by atomic mass is 32.2. The largest absolute Gasteiger partial charge is 0.368 e. The minimum absolute atomic E-state index is 0.266. The molecule has 1 aliphatic heterocycles. The fourth-order valence-corrected chi connectivity index (χ4v) is 4.45. The second-order valence-corrected chi connectivity index (χ2v) is 6.43. The standard InChI is InChI=1S/C9H16N2O3S/c10-9(12)8-5-2-6-11(8)15(13,14)7-3-1-4-7/h7-8H,1-6H2,(H2,10,12)/t8-/m0/s1. The van der Waals surface area contributed by atoms with Crippen molar-refractivity contribution in [1.82, 2.24) is 4.31 Å². The van der Waals surface area contributed by atoms with E-state index in [9.17, 15) is 13.2 Å². The molecule has 0 spiro atoms. The molecule has 0 aromatic heterocycles. The highest BCUT2D eigenvalue weighted by Gasteiger charge is 2.43. The van der Waals surface area contributed by atoms with Crippen molar-refractivity contribution in [3.05, 3.63) is 0 Å². The number of hydrogen-bond acceptors (Lipinski definition) is 3. The van der Waals surface area contributed by atoms with Crippen molar-refractivity contribution in [3.8, 4) is 0 Å². The molecule has 0 aromatic rings. The molecule has 0 radical (unpaired) electrons. The molecule has 2 rings (SSSR count). The minimum Gasteiger partial charge on any atom is -0.368 e. The van der Waals surface area contributed by atoms with E-state index in [1.54, 1.807) is 0 Å². The first-order valence-electron chi connectivity index (χ1n) is 5.33. The molecule has 2 aliphatic rings. The number of sulfonamides is 1. The number of nitrogens with zero attached hydrogens (tertiary/aromatic N) is 1. The van der Waals surface area contributed by atoms with Gasteiger partial charge in [-0.1, -0.05) is 6.42 Å². The van der Waals surface area contributed by atoms with E-state index in [1.165, 1.54) is 4.31 Å². The van der Waals surface area contributed by atoms with E-state index in [0.717, 1.165) is 25.7 Å². The minimum atomic E-state index is -3.26. The summed E-state index contributed by atoms with van der Waals surface area (Å²) in [6, 6.07) is -0.601. The third-order valence-corrected chi connectivity index (χ3v) is 5.74. The molecular formula is C9H16N2O3S. The molecule has 0 aromatic carbocycles. The molecule has 1 amide bonds. The quantitative estimate of drug-likeness (QED) is 0.733. The van der Waals surface area contributed by atoms with Crippen LogP contribution in [0.2, 0.25) is 0 Å². The molecule has 0 bridgehead atoms. The number of primary amides is 1. The molecule has 2 N–H and O–H groups in total. The molecule has 86 valence electrons. The van der Waals surface area contributed by atoms with Gasteiger partial charge >= 0.3 is 0 Å². The van der Waals surface area contributed by atoms with Gasteiger partial charge in [0, 0.05) is 6.54 Å². The number of hydrogen-bond donors (Lipinski definition) is 1. The van der Waals surface area contributed by atoms with Crippen LogP contribution in [0.5, 0.6) is 0 Å².